The second-order valence-corrected chi connectivity index (χ2v) is 3.86. The molecule has 0 radical (unpaired) electrons. The number of benzene rings is 1. The number of esters is 1. The number of aliphatic hydroxyl groups is 2. The van der Waals surface area contributed by atoms with E-state index in [0.717, 1.165) is 0 Å². The van der Waals surface area contributed by atoms with Crippen molar-refractivity contribution in [3.8, 4) is 0 Å². The van der Waals surface area contributed by atoms with Crippen molar-refractivity contribution in [2.75, 3.05) is 5.73 Å². The van der Waals surface area contributed by atoms with Gasteiger partial charge in [0.2, 0.25) is 0 Å². The van der Waals surface area contributed by atoms with E-state index >= 15 is 0 Å². The number of para-hydroxylation sites is 1. The molecule has 0 amide bonds. The first kappa shape index (κ1) is 13.5. The van der Waals surface area contributed by atoms with Gasteiger partial charge in [0.25, 0.3) is 0 Å². The standard InChI is InChI=1S/C12H17NO4/c1-8(6-7-11(14)15)17-12(16)9-4-2-3-5-10(9)13/h2-5,8,11,14-15H,6-7,13H2,1H3. The van der Waals surface area contributed by atoms with Crippen LogP contribution < -0.4 is 5.73 Å². The van der Waals surface area contributed by atoms with Gasteiger partial charge in [0, 0.05) is 12.1 Å². The maximum Gasteiger partial charge on any atom is 0.340 e. The molecule has 0 saturated carbocycles. The Bertz CT molecular complexity index is 379. The third-order valence-electron chi connectivity index (χ3n) is 2.32. The van der Waals surface area contributed by atoms with Crippen LogP contribution in [-0.4, -0.2) is 28.6 Å². The molecule has 5 nitrogen and oxygen atoms in total. The highest BCUT2D eigenvalue weighted by Crippen LogP contribution is 2.14. The first-order chi connectivity index (χ1) is 8.00. The lowest BCUT2D eigenvalue weighted by Gasteiger charge is -2.14. The van der Waals surface area contributed by atoms with E-state index < -0.39 is 12.3 Å². The monoisotopic (exact) mass is 239 g/mol. The van der Waals surface area contributed by atoms with Crippen LogP contribution in [0.4, 0.5) is 5.69 Å². The van der Waals surface area contributed by atoms with Gasteiger partial charge < -0.3 is 20.7 Å². The lowest BCUT2D eigenvalue weighted by atomic mass is 10.2. The highest BCUT2D eigenvalue weighted by atomic mass is 16.5. The molecule has 0 aliphatic carbocycles. The zero-order valence-electron chi connectivity index (χ0n) is 9.67. The van der Waals surface area contributed by atoms with Gasteiger partial charge in [-0.05, 0) is 25.5 Å². The minimum Gasteiger partial charge on any atom is -0.459 e. The number of anilines is 1. The van der Waals surface area contributed by atoms with Crippen LogP contribution >= 0.6 is 0 Å². The predicted molar refractivity (Wildman–Crippen MR) is 63.2 cm³/mol. The second-order valence-electron chi connectivity index (χ2n) is 3.86. The molecular weight excluding hydrogens is 222 g/mol. The summed E-state index contributed by atoms with van der Waals surface area (Å²) in [6, 6.07) is 6.65. The molecular formula is C12H17NO4. The van der Waals surface area contributed by atoms with Gasteiger partial charge in [0.1, 0.15) is 0 Å². The average Bonchev–Trinajstić information content (AvgIpc) is 2.26. The van der Waals surface area contributed by atoms with E-state index in [1.165, 1.54) is 0 Å². The molecule has 0 bridgehead atoms. The maximum absolute atomic E-state index is 11.7. The van der Waals surface area contributed by atoms with Crippen molar-refractivity contribution >= 4 is 11.7 Å². The van der Waals surface area contributed by atoms with Gasteiger partial charge in [-0.1, -0.05) is 12.1 Å². The summed E-state index contributed by atoms with van der Waals surface area (Å²) in [5.74, 6) is -0.497. The van der Waals surface area contributed by atoms with Crippen LogP contribution in [-0.2, 0) is 4.74 Å². The van der Waals surface area contributed by atoms with Crippen molar-refractivity contribution in [2.45, 2.75) is 32.2 Å². The van der Waals surface area contributed by atoms with Gasteiger partial charge in [-0.3, -0.25) is 0 Å². The van der Waals surface area contributed by atoms with Gasteiger partial charge in [-0.15, -0.1) is 0 Å². The normalized spacial score (nSPS) is 12.5. The molecule has 1 unspecified atom stereocenters. The molecule has 1 aromatic rings. The van der Waals surface area contributed by atoms with Crippen molar-refractivity contribution < 1.29 is 19.7 Å². The summed E-state index contributed by atoms with van der Waals surface area (Å²) in [5, 5.41) is 17.4. The molecule has 0 saturated heterocycles. The molecule has 1 aromatic carbocycles. The van der Waals surface area contributed by atoms with Crippen LogP contribution in [0, 0.1) is 0 Å². The van der Waals surface area contributed by atoms with Crippen LogP contribution in [0.3, 0.4) is 0 Å². The van der Waals surface area contributed by atoms with Crippen molar-refractivity contribution in [1.29, 1.82) is 0 Å². The number of hydrogen-bond donors (Lipinski definition) is 3. The summed E-state index contributed by atoms with van der Waals surface area (Å²) < 4.78 is 5.13. The van der Waals surface area contributed by atoms with Crippen molar-refractivity contribution in [1.82, 2.24) is 0 Å². The molecule has 1 rings (SSSR count). The quantitative estimate of drug-likeness (QED) is 0.403. The number of aliphatic hydroxyl groups excluding tert-OH is 1. The Balaban J connectivity index is 2.52. The molecule has 0 aliphatic heterocycles. The lowest BCUT2D eigenvalue weighted by Crippen LogP contribution is -2.18. The van der Waals surface area contributed by atoms with Gasteiger partial charge in [0.05, 0.1) is 11.7 Å². The number of rotatable bonds is 5. The molecule has 0 aliphatic rings. The summed E-state index contributed by atoms with van der Waals surface area (Å²) in [5.41, 5.74) is 6.33. The fraction of sp³-hybridized carbons (Fsp3) is 0.417. The van der Waals surface area contributed by atoms with E-state index in [9.17, 15) is 4.79 Å². The van der Waals surface area contributed by atoms with Crippen molar-refractivity contribution in [3.63, 3.8) is 0 Å². The van der Waals surface area contributed by atoms with E-state index in [4.69, 9.17) is 20.7 Å². The fourth-order valence-electron chi connectivity index (χ4n) is 1.37. The highest BCUT2D eigenvalue weighted by Gasteiger charge is 2.14. The fourth-order valence-corrected chi connectivity index (χ4v) is 1.37. The summed E-state index contributed by atoms with van der Waals surface area (Å²) in [6.07, 6.45) is -1.21. The van der Waals surface area contributed by atoms with Crippen LogP contribution in [0.25, 0.3) is 0 Å². The SMILES string of the molecule is CC(CCC(O)O)OC(=O)c1ccccc1N. The van der Waals surface area contributed by atoms with Crippen LogP contribution in [0.2, 0.25) is 0 Å². The number of carbonyl (C=O) groups excluding carboxylic acids is 1. The molecule has 94 valence electrons. The number of ether oxygens (including phenoxy) is 1. The van der Waals surface area contributed by atoms with Gasteiger partial charge in [0.15, 0.2) is 6.29 Å². The minimum atomic E-state index is -1.38. The van der Waals surface area contributed by atoms with E-state index in [0.29, 0.717) is 17.7 Å². The Hall–Kier alpha value is -1.59. The first-order valence-electron chi connectivity index (χ1n) is 5.42. The largest absolute Gasteiger partial charge is 0.459 e. The van der Waals surface area contributed by atoms with E-state index in [1.807, 2.05) is 0 Å². The Morgan fingerprint density at radius 3 is 2.59 bits per heavy atom. The van der Waals surface area contributed by atoms with Crippen LogP contribution in [0.5, 0.6) is 0 Å². The minimum absolute atomic E-state index is 0.165. The molecule has 0 aromatic heterocycles. The third-order valence-corrected chi connectivity index (χ3v) is 2.32. The molecule has 0 heterocycles. The maximum atomic E-state index is 11.7. The molecule has 1 atom stereocenters. The topological polar surface area (TPSA) is 92.8 Å². The summed E-state index contributed by atoms with van der Waals surface area (Å²) >= 11 is 0. The van der Waals surface area contributed by atoms with Crippen LogP contribution in [0.15, 0.2) is 24.3 Å². The average molecular weight is 239 g/mol. The lowest BCUT2D eigenvalue weighted by molar-refractivity contribution is -0.0539. The number of nitrogens with two attached hydrogens (primary N) is 1. The first-order valence-corrected chi connectivity index (χ1v) is 5.42. The Morgan fingerprint density at radius 1 is 1.35 bits per heavy atom. The molecule has 0 spiro atoms. The second kappa shape index (κ2) is 6.22. The van der Waals surface area contributed by atoms with Gasteiger partial charge >= 0.3 is 5.97 Å². The number of hydrogen-bond acceptors (Lipinski definition) is 5. The third kappa shape index (κ3) is 4.42. The number of nitrogen functional groups attached to an aromatic ring is 1. The van der Waals surface area contributed by atoms with Gasteiger partial charge in [-0.2, -0.15) is 0 Å². The summed E-state index contributed by atoms with van der Waals surface area (Å²) in [7, 11) is 0. The zero-order chi connectivity index (χ0) is 12.8. The molecule has 5 heteroatoms. The Labute approximate surface area is 99.8 Å². The van der Waals surface area contributed by atoms with E-state index in [-0.39, 0.29) is 12.5 Å². The Morgan fingerprint density at radius 2 is 2.00 bits per heavy atom. The number of carbonyl (C=O) groups is 1. The van der Waals surface area contributed by atoms with Crippen molar-refractivity contribution in [3.05, 3.63) is 29.8 Å². The highest BCUT2D eigenvalue weighted by molar-refractivity contribution is 5.95. The Kier molecular flexibility index (Phi) is 4.93. The van der Waals surface area contributed by atoms with Gasteiger partial charge in [-0.25, -0.2) is 4.79 Å². The smallest absolute Gasteiger partial charge is 0.340 e. The summed E-state index contributed by atoms with van der Waals surface area (Å²) in [4.78, 5) is 11.7. The summed E-state index contributed by atoms with van der Waals surface area (Å²) in [6.45, 7) is 1.69. The predicted octanol–water partition coefficient (Wildman–Crippen LogP) is 0.905. The van der Waals surface area contributed by atoms with E-state index in [2.05, 4.69) is 0 Å². The molecule has 0 fully saturated rings. The van der Waals surface area contributed by atoms with Crippen molar-refractivity contribution in [2.24, 2.45) is 0 Å². The van der Waals surface area contributed by atoms with E-state index in [1.54, 1.807) is 31.2 Å². The molecule has 17 heavy (non-hydrogen) atoms. The molecule has 4 N–H and O–H groups in total. The zero-order valence-corrected chi connectivity index (χ0v) is 9.67. The van der Waals surface area contributed by atoms with Crippen LogP contribution in [0.1, 0.15) is 30.1 Å².